The van der Waals surface area contributed by atoms with Gasteiger partial charge in [0, 0.05) is 31.9 Å². The number of hydrogen-bond donors (Lipinski definition) is 1. The first-order chi connectivity index (χ1) is 9.11. The molecule has 0 spiro atoms. The zero-order chi connectivity index (χ0) is 13.8. The lowest BCUT2D eigenvalue weighted by Gasteiger charge is -2.34. The Hall–Kier alpha value is -1.58. The normalized spacial score (nSPS) is 22.9. The van der Waals surface area contributed by atoms with Crippen LogP contribution in [0.4, 0.5) is 5.82 Å². The van der Waals surface area contributed by atoms with Gasteiger partial charge in [-0.1, -0.05) is 19.8 Å². The quantitative estimate of drug-likeness (QED) is 0.910. The Kier molecular flexibility index (Phi) is 4.40. The number of aromatic nitrogens is 1. The SMILES string of the molecule is CNc1cc(C(=O)N(C)C2CCCC(C)C2)ccn1. The number of carbonyl (C=O) groups excluding carboxylic acids is 1. The van der Waals surface area contributed by atoms with Gasteiger partial charge in [0.2, 0.25) is 0 Å². The average molecular weight is 261 g/mol. The van der Waals surface area contributed by atoms with Gasteiger partial charge in [0.1, 0.15) is 5.82 Å². The summed E-state index contributed by atoms with van der Waals surface area (Å²) in [4.78, 5) is 18.5. The van der Waals surface area contributed by atoms with Gasteiger partial charge in [0.25, 0.3) is 5.91 Å². The Bertz CT molecular complexity index is 447. The number of nitrogens with zero attached hydrogens (tertiary/aromatic N) is 2. The molecule has 0 bridgehead atoms. The number of amides is 1. The van der Waals surface area contributed by atoms with Crippen LogP contribution in [0.2, 0.25) is 0 Å². The number of hydrogen-bond acceptors (Lipinski definition) is 3. The van der Waals surface area contributed by atoms with Crippen LogP contribution in [0.25, 0.3) is 0 Å². The van der Waals surface area contributed by atoms with Crippen molar-refractivity contribution < 1.29 is 4.79 Å². The van der Waals surface area contributed by atoms with E-state index >= 15 is 0 Å². The lowest BCUT2D eigenvalue weighted by atomic mass is 9.86. The van der Waals surface area contributed by atoms with Gasteiger partial charge < -0.3 is 10.2 Å². The molecule has 0 radical (unpaired) electrons. The van der Waals surface area contributed by atoms with Crippen molar-refractivity contribution in [3.63, 3.8) is 0 Å². The van der Waals surface area contributed by atoms with Gasteiger partial charge in [0.15, 0.2) is 0 Å². The Morgan fingerprint density at radius 2 is 2.26 bits per heavy atom. The fourth-order valence-corrected chi connectivity index (χ4v) is 2.82. The minimum atomic E-state index is 0.0954. The van der Waals surface area contributed by atoms with Crippen molar-refractivity contribution in [2.24, 2.45) is 5.92 Å². The Morgan fingerprint density at radius 1 is 1.47 bits per heavy atom. The Labute approximate surface area is 115 Å². The number of nitrogens with one attached hydrogen (secondary N) is 1. The van der Waals surface area contributed by atoms with Crippen LogP contribution < -0.4 is 5.32 Å². The van der Waals surface area contributed by atoms with E-state index in [9.17, 15) is 4.79 Å². The summed E-state index contributed by atoms with van der Waals surface area (Å²) in [7, 11) is 3.73. The van der Waals surface area contributed by atoms with Crippen LogP contribution in [-0.2, 0) is 0 Å². The molecule has 2 atom stereocenters. The predicted molar refractivity (Wildman–Crippen MR) is 77.3 cm³/mol. The van der Waals surface area contributed by atoms with Crippen molar-refractivity contribution in [2.75, 3.05) is 19.4 Å². The zero-order valence-corrected chi connectivity index (χ0v) is 12.0. The van der Waals surface area contributed by atoms with Gasteiger partial charge in [-0.2, -0.15) is 0 Å². The first-order valence-corrected chi connectivity index (χ1v) is 7.02. The second-order valence-electron chi connectivity index (χ2n) is 5.52. The summed E-state index contributed by atoms with van der Waals surface area (Å²) in [5.74, 6) is 1.55. The van der Waals surface area contributed by atoms with E-state index in [0.717, 1.165) is 24.6 Å². The fourth-order valence-electron chi connectivity index (χ4n) is 2.82. The largest absolute Gasteiger partial charge is 0.373 e. The van der Waals surface area contributed by atoms with E-state index in [2.05, 4.69) is 17.2 Å². The summed E-state index contributed by atoms with van der Waals surface area (Å²) >= 11 is 0. The molecule has 19 heavy (non-hydrogen) atoms. The van der Waals surface area contributed by atoms with Crippen molar-refractivity contribution in [3.05, 3.63) is 23.9 Å². The molecule has 0 aromatic carbocycles. The minimum absolute atomic E-state index is 0.0954. The molecule has 2 rings (SSSR count). The number of rotatable bonds is 3. The van der Waals surface area contributed by atoms with E-state index in [-0.39, 0.29) is 5.91 Å². The van der Waals surface area contributed by atoms with Crippen LogP contribution in [0, 0.1) is 5.92 Å². The molecule has 4 heteroatoms. The molecule has 1 aromatic heterocycles. The maximum Gasteiger partial charge on any atom is 0.254 e. The van der Waals surface area contributed by atoms with E-state index in [0.29, 0.717) is 11.6 Å². The molecule has 104 valence electrons. The van der Waals surface area contributed by atoms with Crippen molar-refractivity contribution >= 4 is 11.7 Å². The molecule has 2 unspecified atom stereocenters. The van der Waals surface area contributed by atoms with Crippen molar-refractivity contribution in [3.8, 4) is 0 Å². The van der Waals surface area contributed by atoms with Gasteiger partial charge >= 0.3 is 0 Å². The van der Waals surface area contributed by atoms with E-state index in [1.807, 2.05) is 25.1 Å². The molecule has 1 aromatic rings. The second-order valence-corrected chi connectivity index (χ2v) is 5.52. The zero-order valence-electron chi connectivity index (χ0n) is 12.0. The summed E-state index contributed by atoms with van der Waals surface area (Å²) in [5, 5.41) is 2.97. The maximum atomic E-state index is 12.5. The van der Waals surface area contributed by atoms with Crippen LogP contribution in [0.3, 0.4) is 0 Å². The summed E-state index contributed by atoms with van der Waals surface area (Å²) in [6.07, 6.45) is 6.43. The molecule has 4 nitrogen and oxygen atoms in total. The molecular formula is C15H23N3O. The van der Waals surface area contributed by atoms with Gasteiger partial charge in [0.05, 0.1) is 0 Å². The highest BCUT2D eigenvalue weighted by atomic mass is 16.2. The first kappa shape index (κ1) is 13.8. The van der Waals surface area contributed by atoms with Gasteiger partial charge in [-0.05, 0) is 30.9 Å². The molecule has 1 amide bonds. The predicted octanol–water partition coefficient (Wildman–Crippen LogP) is 2.77. The first-order valence-electron chi connectivity index (χ1n) is 7.02. The Morgan fingerprint density at radius 3 is 2.95 bits per heavy atom. The smallest absolute Gasteiger partial charge is 0.254 e. The summed E-state index contributed by atoms with van der Waals surface area (Å²) < 4.78 is 0. The lowest BCUT2D eigenvalue weighted by molar-refractivity contribution is 0.0672. The molecule has 1 saturated carbocycles. The van der Waals surface area contributed by atoms with E-state index in [4.69, 9.17) is 0 Å². The van der Waals surface area contributed by atoms with Crippen LogP contribution in [0.15, 0.2) is 18.3 Å². The van der Waals surface area contributed by atoms with E-state index in [1.165, 1.54) is 12.8 Å². The summed E-state index contributed by atoms with van der Waals surface area (Å²) in [6.45, 7) is 2.27. The Balaban J connectivity index is 2.09. The fraction of sp³-hybridized carbons (Fsp3) is 0.600. The van der Waals surface area contributed by atoms with Crippen LogP contribution in [-0.4, -0.2) is 35.9 Å². The van der Waals surface area contributed by atoms with Crippen LogP contribution in [0.5, 0.6) is 0 Å². The highest BCUT2D eigenvalue weighted by Crippen LogP contribution is 2.27. The molecule has 1 N–H and O–H groups in total. The van der Waals surface area contributed by atoms with Gasteiger partial charge in [-0.3, -0.25) is 4.79 Å². The topological polar surface area (TPSA) is 45.2 Å². The van der Waals surface area contributed by atoms with Crippen LogP contribution in [0.1, 0.15) is 43.0 Å². The second kappa shape index (κ2) is 6.04. The van der Waals surface area contributed by atoms with Crippen molar-refractivity contribution in [1.29, 1.82) is 0 Å². The third-order valence-corrected chi connectivity index (χ3v) is 4.04. The molecular weight excluding hydrogens is 238 g/mol. The average Bonchev–Trinajstić information content (AvgIpc) is 2.45. The summed E-state index contributed by atoms with van der Waals surface area (Å²) in [5.41, 5.74) is 0.708. The molecule has 0 saturated heterocycles. The number of pyridine rings is 1. The monoisotopic (exact) mass is 261 g/mol. The van der Waals surface area contributed by atoms with Crippen LogP contribution >= 0.6 is 0 Å². The van der Waals surface area contributed by atoms with Gasteiger partial charge in [-0.25, -0.2) is 4.98 Å². The van der Waals surface area contributed by atoms with E-state index in [1.54, 1.807) is 12.3 Å². The minimum Gasteiger partial charge on any atom is -0.373 e. The van der Waals surface area contributed by atoms with Crippen molar-refractivity contribution in [2.45, 2.75) is 38.6 Å². The number of anilines is 1. The lowest BCUT2D eigenvalue weighted by Crippen LogP contribution is -2.39. The van der Waals surface area contributed by atoms with Gasteiger partial charge in [-0.15, -0.1) is 0 Å². The molecule has 1 aliphatic rings. The third-order valence-electron chi connectivity index (χ3n) is 4.04. The molecule has 0 aliphatic heterocycles. The molecule has 1 fully saturated rings. The standard InChI is InChI=1S/C15H23N3O/c1-11-5-4-6-13(9-11)18(3)15(19)12-7-8-17-14(10-12)16-2/h7-8,10-11,13H,4-6,9H2,1-3H3,(H,16,17). The maximum absolute atomic E-state index is 12.5. The van der Waals surface area contributed by atoms with E-state index < -0.39 is 0 Å². The third kappa shape index (κ3) is 3.25. The highest BCUT2D eigenvalue weighted by molar-refractivity contribution is 5.94. The number of carbonyl (C=O) groups is 1. The highest BCUT2D eigenvalue weighted by Gasteiger charge is 2.26. The molecule has 1 aliphatic carbocycles. The summed E-state index contributed by atoms with van der Waals surface area (Å²) in [6, 6.07) is 3.97. The molecule has 1 heterocycles. The van der Waals surface area contributed by atoms with Crippen molar-refractivity contribution in [1.82, 2.24) is 9.88 Å².